The van der Waals surface area contributed by atoms with Crippen LogP contribution in [0, 0.1) is 0 Å². The SMILES string of the molecule is CC(OCCCCOCc1ccccc1)OCC(O)CN=[N+]=[N-]. The van der Waals surface area contributed by atoms with Crippen LogP contribution in [0.1, 0.15) is 25.3 Å². The van der Waals surface area contributed by atoms with E-state index in [2.05, 4.69) is 10.0 Å². The van der Waals surface area contributed by atoms with E-state index in [0.717, 1.165) is 12.8 Å². The molecule has 0 aliphatic heterocycles. The molecule has 0 spiro atoms. The number of hydrogen-bond donors (Lipinski definition) is 1. The maximum atomic E-state index is 9.43. The number of azide groups is 1. The van der Waals surface area contributed by atoms with Gasteiger partial charge in [-0.1, -0.05) is 35.4 Å². The van der Waals surface area contributed by atoms with Crippen LogP contribution in [0.15, 0.2) is 35.4 Å². The van der Waals surface area contributed by atoms with E-state index in [0.29, 0.717) is 19.8 Å². The van der Waals surface area contributed by atoms with Crippen molar-refractivity contribution in [2.75, 3.05) is 26.4 Å². The molecule has 0 fully saturated rings. The first-order valence-corrected chi connectivity index (χ1v) is 7.76. The molecule has 0 amide bonds. The highest BCUT2D eigenvalue weighted by Crippen LogP contribution is 2.03. The molecule has 0 saturated carbocycles. The number of hydrogen-bond acceptors (Lipinski definition) is 5. The number of ether oxygens (including phenoxy) is 3. The lowest BCUT2D eigenvalue weighted by atomic mass is 10.2. The minimum atomic E-state index is -0.802. The molecule has 128 valence electrons. The Morgan fingerprint density at radius 2 is 1.91 bits per heavy atom. The van der Waals surface area contributed by atoms with Gasteiger partial charge in [0.2, 0.25) is 0 Å². The predicted octanol–water partition coefficient (Wildman–Crippen LogP) is 3.03. The molecule has 1 rings (SSSR count). The maximum Gasteiger partial charge on any atom is 0.154 e. The summed E-state index contributed by atoms with van der Waals surface area (Å²) in [6, 6.07) is 10.1. The summed E-state index contributed by atoms with van der Waals surface area (Å²) in [5.41, 5.74) is 9.30. The molecule has 2 atom stereocenters. The van der Waals surface area contributed by atoms with Crippen LogP contribution in [0.25, 0.3) is 10.4 Å². The highest BCUT2D eigenvalue weighted by Gasteiger charge is 2.07. The molecular weight excluding hydrogens is 298 g/mol. The van der Waals surface area contributed by atoms with Gasteiger partial charge in [-0.15, -0.1) is 0 Å². The third-order valence-corrected chi connectivity index (χ3v) is 3.03. The van der Waals surface area contributed by atoms with E-state index in [1.807, 2.05) is 30.3 Å². The van der Waals surface area contributed by atoms with Crippen LogP contribution < -0.4 is 0 Å². The maximum absolute atomic E-state index is 9.43. The average molecular weight is 323 g/mol. The van der Waals surface area contributed by atoms with Gasteiger partial charge >= 0.3 is 0 Å². The zero-order valence-electron chi connectivity index (χ0n) is 13.5. The Hall–Kier alpha value is -1.63. The topological polar surface area (TPSA) is 96.7 Å². The first-order chi connectivity index (χ1) is 11.2. The minimum absolute atomic E-state index is 0.00196. The highest BCUT2D eigenvalue weighted by atomic mass is 16.7. The fourth-order valence-electron chi connectivity index (χ4n) is 1.80. The van der Waals surface area contributed by atoms with Crippen LogP contribution in [0.2, 0.25) is 0 Å². The second-order valence-electron chi connectivity index (χ2n) is 5.08. The van der Waals surface area contributed by atoms with Crippen LogP contribution in [0.3, 0.4) is 0 Å². The average Bonchev–Trinajstić information content (AvgIpc) is 2.58. The van der Waals surface area contributed by atoms with Gasteiger partial charge in [-0.05, 0) is 30.9 Å². The highest BCUT2D eigenvalue weighted by molar-refractivity contribution is 5.13. The van der Waals surface area contributed by atoms with Crippen LogP contribution in [0.4, 0.5) is 0 Å². The van der Waals surface area contributed by atoms with Gasteiger partial charge in [-0.2, -0.15) is 0 Å². The molecule has 0 radical (unpaired) electrons. The summed E-state index contributed by atoms with van der Waals surface area (Å²) in [6.07, 6.45) is 0.590. The number of nitrogens with zero attached hydrogens (tertiary/aromatic N) is 3. The van der Waals surface area contributed by atoms with Gasteiger partial charge in [0.1, 0.15) is 0 Å². The van der Waals surface area contributed by atoms with E-state index < -0.39 is 12.4 Å². The van der Waals surface area contributed by atoms with Gasteiger partial charge in [0, 0.05) is 18.1 Å². The lowest BCUT2D eigenvalue weighted by Crippen LogP contribution is -2.24. The Morgan fingerprint density at radius 1 is 1.17 bits per heavy atom. The zero-order valence-corrected chi connectivity index (χ0v) is 13.5. The van der Waals surface area contributed by atoms with Crippen molar-refractivity contribution in [3.63, 3.8) is 0 Å². The van der Waals surface area contributed by atoms with Gasteiger partial charge in [-0.3, -0.25) is 0 Å². The molecule has 0 aliphatic rings. The Bertz CT molecular complexity index is 452. The predicted molar refractivity (Wildman–Crippen MR) is 86.7 cm³/mol. The molecule has 0 saturated heterocycles. The summed E-state index contributed by atoms with van der Waals surface area (Å²) in [4.78, 5) is 2.57. The van der Waals surface area contributed by atoms with Crippen LogP contribution in [0.5, 0.6) is 0 Å². The third kappa shape index (κ3) is 10.7. The summed E-state index contributed by atoms with van der Waals surface area (Å²) in [6.45, 7) is 3.75. The van der Waals surface area contributed by atoms with E-state index in [9.17, 15) is 5.11 Å². The normalized spacial score (nSPS) is 13.3. The third-order valence-electron chi connectivity index (χ3n) is 3.03. The van der Waals surface area contributed by atoms with Crippen LogP contribution >= 0.6 is 0 Å². The molecular formula is C16H25N3O4. The fourth-order valence-corrected chi connectivity index (χ4v) is 1.80. The molecule has 1 aromatic rings. The number of benzene rings is 1. The molecule has 0 heterocycles. The van der Waals surface area contributed by atoms with Crippen molar-refractivity contribution in [3.05, 3.63) is 46.3 Å². The Morgan fingerprint density at radius 3 is 2.65 bits per heavy atom. The number of aliphatic hydroxyl groups is 1. The molecule has 23 heavy (non-hydrogen) atoms. The molecule has 1 aromatic carbocycles. The molecule has 0 bridgehead atoms. The fraction of sp³-hybridized carbons (Fsp3) is 0.625. The molecule has 2 unspecified atom stereocenters. The van der Waals surface area contributed by atoms with Crippen LogP contribution in [-0.4, -0.2) is 43.9 Å². The summed E-state index contributed by atoms with van der Waals surface area (Å²) < 4.78 is 16.4. The Balaban J connectivity index is 1.92. The smallest absolute Gasteiger partial charge is 0.154 e. The van der Waals surface area contributed by atoms with Gasteiger partial charge in [0.05, 0.1) is 25.9 Å². The van der Waals surface area contributed by atoms with Crippen molar-refractivity contribution >= 4 is 0 Å². The number of aliphatic hydroxyl groups excluding tert-OH is 1. The van der Waals surface area contributed by atoms with E-state index in [4.69, 9.17) is 19.7 Å². The van der Waals surface area contributed by atoms with Crippen molar-refractivity contribution < 1.29 is 19.3 Å². The quantitative estimate of drug-likeness (QED) is 0.198. The van der Waals surface area contributed by atoms with Crippen molar-refractivity contribution in [2.45, 2.75) is 38.8 Å². The van der Waals surface area contributed by atoms with E-state index in [1.54, 1.807) is 6.92 Å². The second-order valence-corrected chi connectivity index (χ2v) is 5.08. The van der Waals surface area contributed by atoms with Gasteiger partial charge in [-0.25, -0.2) is 0 Å². The summed E-state index contributed by atoms with van der Waals surface area (Å²) >= 11 is 0. The minimum Gasteiger partial charge on any atom is -0.391 e. The summed E-state index contributed by atoms with van der Waals surface area (Å²) in [5, 5.41) is 12.7. The monoisotopic (exact) mass is 323 g/mol. The number of unbranched alkanes of at least 4 members (excludes halogenated alkanes) is 1. The van der Waals surface area contributed by atoms with Gasteiger partial charge in [0.25, 0.3) is 0 Å². The van der Waals surface area contributed by atoms with Crippen molar-refractivity contribution in [1.29, 1.82) is 0 Å². The van der Waals surface area contributed by atoms with E-state index in [1.165, 1.54) is 5.56 Å². The van der Waals surface area contributed by atoms with Gasteiger partial charge in [0.15, 0.2) is 6.29 Å². The standard InChI is InChI=1S/C16H25N3O4/c1-14(23-13-16(20)11-18-19-17)22-10-6-5-9-21-12-15-7-3-2-4-8-15/h2-4,7-8,14,16,20H,5-6,9-13H2,1H3. The first-order valence-electron chi connectivity index (χ1n) is 7.76. The van der Waals surface area contributed by atoms with E-state index in [-0.39, 0.29) is 13.2 Å². The molecule has 1 N–H and O–H groups in total. The van der Waals surface area contributed by atoms with Gasteiger partial charge < -0.3 is 19.3 Å². The Kier molecular flexibility index (Phi) is 10.9. The largest absolute Gasteiger partial charge is 0.391 e. The van der Waals surface area contributed by atoms with Crippen molar-refractivity contribution in [2.24, 2.45) is 5.11 Å². The molecule has 7 nitrogen and oxygen atoms in total. The van der Waals surface area contributed by atoms with E-state index >= 15 is 0 Å². The van der Waals surface area contributed by atoms with Crippen LogP contribution in [-0.2, 0) is 20.8 Å². The van der Waals surface area contributed by atoms with Crippen molar-refractivity contribution in [3.8, 4) is 0 Å². The second kappa shape index (κ2) is 12.9. The zero-order chi connectivity index (χ0) is 16.8. The lowest BCUT2D eigenvalue weighted by molar-refractivity contribution is -0.146. The Labute approximate surface area is 136 Å². The summed E-state index contributed by atoms with van der Waals surface area (Å²) in [5.74, 6) is 0. The molecule has 0 aromatic heterocycles. The molecule has 7 heteroatoms. The molecule has 0 aliphatic carbocycles. The lowest BCUT2D eigenvalue weighted by Gasteiger charge is -2.16. The van der Waals surface area contributed by atoms with Crippen molar-refractivity contribution in [1.82, 2.24) is 0 Å². The number of rotatable bonds is 13. The summed E-state index contributed by atoms with van der Waals surface area (Å²) in [7, 11) is 0. The first kappa shape index (κ1) is 19.4.